The van der Waals surface area contributed by atoms with Crippen LogP contribution in [0.5, 0.6) is 5.75 Å². The first-order valence-electron chi connectivity index (χ1n) is 4.24. The van der Waals surface area contributed by atoms with Gasteiger partial charge in [0.05, 0.1) is 12.2 Å². The molecule has 0 fully saturated rings. The molecule has 0 saturated heterocycles. The van der Waals surface area contributed by atoms with E-state index in [0.717, 1.165) is 10.9 Å². The van der Waals surface area contributed by atoms with Gasteiger partial charge in [0.25, 0.3) is 5.91 Å². The number of aryl methyl sites for hydroxylation is 1. The molecule has 1 aromatic carbocycles. The maximum absolute atomic E-state index is 11.1. The Morgan fingerprint density at radius 3 is 2.86 bits per heavy atom. The molecule has 4 heteroatoms. The molecule has 0 unspecified atom stereocenters. The van der Waals surface area contributed by atoms with Crippen LogP contribution in [0.4, 0.5) is 0 Å². The zero-order valence-corrected chi connectivity index (χ0v) is 9.50. The second-order valence-electron chi connectivity index (χ2n) is 2.90. The number of hydrogen-bond donors (Lipinski definition) is 1. The Bertz CT molecular complexity index is 339. The number of nitrogens with two attached hydrogens (primary N) is 1. The quantitative estimate of drug-likeness (QED) is 0.838. The molecule has 0 heterocycles. The molecule has 0 aliphatic heterocycles. The molecule has 0 aliphatic carbocycles. The smallest absolute Gasteiger partial charge is 0.252 e. The number of amides is 1. The number of ether oxygens (including phenoxy) is 1. The summed E-state index contributed by atoms with van der Waals surface area (Å²) in [5.74, 6) is 0.0841. The number of benzene rings is 1. The van der Waals surface area contributed by atoms with Crippen molar-refractivity contribution in [3.63, 3.8) is 0 Å². The third-order valence-electron chi connectivity index (χ3n) is 1.74. The van der Waals surface area contributed by atoms with Gasteiger partial charge in [-0.25, -0.2) is 0 Å². The van der Waals surface area contributed by atoms with Crippen molar-refractivity contribution in [2.45, 2.75) is 6.92 Å². The molecule has 14 heavy (non-hydrogen) atoms. The Balaban J connectivity index is 2.96. The van der Waals surface area contributed by atoms with E-state index in [2.05, 4.69) is 15.9 Å². The molecule has 0 saturated carbocycles. The topological polar surface area (TPSA) is 52.3 Å². The lowest BCUT2D eigenvalue weighted by molar-refractivity contribution is 0.0996. The molecule has 3 nitrogen and oxygen atoms in total. The largest absolute Gasteiger partial charge is 0.492 e. The summed E-state index contributed by atoms with van der Waals surface area (Å²) in [5.41, 5.74) is 6.65. The maximum atomic E-state index is 11.1. The fourth-order valence-electron chi connectivity index (χ4n) is 1.11. The van der Waals surface area contributed by atoms with Gasteiger partial charge in [0.1, 0.15) is 5.75 Å². The fourth-order valence-corrected chi connectivity index (χ4v) is 1.27. The number of alkyl halides is 1. The molecule has 1 amide bonds. The Morgan fingerprint density at radius 2 is 2.29 bits per heavy atom. The highest BCUT2D eigenvalue weighted by Gasteiger charge is 2.08. The van der Waals surface area contributed by atoms with Gasteiger partial charge in [0.15, 0.2) is 0 Å². The highest BCUT2D eigenvalue weighted by atomic mass is 79.9. The van der Waals surface area contributed by atoms with Crippen LogP contribution in [0.2, 0.25) is 0 Å². The van der Waals surface area contributed by atoms with Crippen LogP contribution in [0.1, 0.15) is 15.9 Å². The van der Waals surface area contributed by atoms with E-state index in [1.54, 1.807) is 12.1 Å². The number of carbonyl (C=O) groups excluding carboxylic acids is 1. The van der Waals surface area contributed by atoms with E-state index in [9.17, 15) is 4.79 Å². The molecular formula is C10H12BrNO2. The SMILES string of the molecule is Cc1ccc(OCCBr)c(C(N)=O)c1. The zero-order valence-electron chi connectivity index (χ0n) is 7.92. The molecule has 0 bridgehead atoms. The van der Waals surface area contributed by atoms with Gasteiger partial charge in [0, 0.05) is 5.33 Å². The summed E-state index contributed by atoms with van der Waals surface area (Å²) in [5, 5.41) is 0.721. The molecule has 76 valence electrons. The van der Waals surface area contributed by atoms with Crippen LogP contribution in [0.25, 0.3) is 0 Å². The van der Waals surface area contributed by atoms with Crippen LogP contribution >= 0.6 is 15.9 Å². The Labute approximate surface area is 91.4 Å². The van der Waals surface area contributed by atoms with Gasteiger partial charge in [0.2, 0.25) is 0 Å². The lowest BCUT2D eigenvalue weighted by Crippen LogP contribution is -2.13. The monoisotopic (exact) mass is 257 g/mol. The van der Waals surface area contributed by atoms with E-state index in [0.29, 0.717) is 17.9 Å². The summed E-state index contributed by atoms with van der Waals surface area (Å²) in [6.45, 7) is 2.42. The lowest BCUT2D eigenvalue weighted by Gasteiger charge is -2.08. The first-order chi connectivity index (χ1) is 6.65. The van der Waals surface area contributed by atoms with Crippen LogP contribution in [-0.4, -0.2) is 17.8 Å². The molecule has 1 rings (SSSR count). The third-order valence-corrected chi connectivity index (χ3v) is 2.06. The van der Waals surface area contributed by atoms with Crippen LogP contribution in [0.15, 0.2) is 18.2 Å². The van der Waals surface area contributed by atoms with Crippen molar-refractivity contribution in [3.05, 3.63) is 29.3 Å². The first-order valence-corrected chi connectivity index (χ1v) is 5.36. The van der Waals surface area contributed by atoms with Gasteiger partial charge in [-0.15, -0.1) is 0 Å². The highest BCUT2D eigenvalue weighted by Crippen LogP contribution is 2.19. The summed E-state index contributed by atoms with van der Waals surface area (Å²) in [6, 6.07) is 5.37. The van der Waals surface area contributed by atoms with Gasteiger partial charge in [-0.2, -0.15) is 0 Å². The van der Waals surface area contributed by atoms with E-state index in [-0.39, 0.29) is 0 Å². The van der Waals surface area contributed by atoms with Crippen molar-refractivity contribution in [3.8, 4) is 5.75 Å². The standard InChI is InChI=1S/C10H12BrNO2/c1-7-2-3-9(14-5-4-11)8(6-7)10(12)13/h2-3,6H,4-5H2,1H3,(H2,12,13). The van der Waals surface area contributed by atoms with Crippen molar-refractivity contribution in [1.29, 1.82) is 0 Å². The minimum atomic E-state index is -0.460. The molecule has 0 radical (unpaired) electrons. The molecular weight excluding hydrogens is 246 g/mol. The molecule has 0 aliphatic rings. The van der Waals surface area contributed by atoms with Crippen LogP contribution in [0, 0.1) is 6.92 Å². The molecule has 1 aromatic rings. The van der Waals surface area contributed by atoms with Crippen molar-refractivity contribution in [2.75, 3.05) is 11.9 Å². The number of rotatable bonds is 4. The first kappa shape index (κ1) is 11.0. The van der Waals surface area contributed by atoms with Crippen molar-refractivity contribution in [1.82, 2.24) is 0 Å². The number of carbonyl (C=O) groups is 1. The zero-order chi connectivity index (χ0) is 10.6. The van der Waals surface area contributed by atoms with E-state index in [1.165, 1.54) is 0 Å². The lowest BCUT2D eigenvalue weighted by atomic mass is 10.1. The van der Waals surface area contributed by atoms with Crippen molar-refractivity contribution in [2.24, 2.45) is 5.73 Å². The molecule has 0 atom stereocenters. The fraction of sp³-hybridized carbons (Fsp3) is 0.300. The van der Waals surface area contributed by atoms with E-state index >= 15 is 0 Å². The normalized spacial score (nSPS) is 9.86. The number of halogens is 1. The minimum absolute atomic E-state index is 0.436. The summed E-state index contributed by atoms with van der Waals surface area (Å²) in [6.07, 6.45) is 0. The Hall–Kier alpha value is -1.03. The van der Waals surface area contributed by atoms with Crippen molar-refractivity contribution < 1.29 is 9.53 Å². The van der Waals surface area contributed by atoms with Crippen LogP contribution in [0.3, 0.4) is 0 Å². The number of primary amides is 1. The van der Waals surface area contributed by atoms with Crippen molar-refractivity contribution >= 4 is 21.8 Å². The third kappa shape index (κ3) is 2.73. The van der Waals surface area contributed by atoms with Gasteiger partial charge in [-0.05, 0) is 19.1 Å². The Morgan fingerprint density at radius 1 is 1.57 bits per heavy atom. The van der Waals surface area contributed by atoms with Gasteiger partial charge in [-0.1, -0.05) is 27.6 Å². The van der Waals surface area contributed by atoms with Gasteiger partial charge >= 0.3 is 0 Å². The van der Waals surface area contributed by atoms with Crippen LogP contribution in [-0.2, 0) is 0 Å². The summed E-state index contributed by atoms with van der Waals surface area (Å²) in [4.78, 5) is 11.1. The second kappa shape index (κ2) is 5.00. The second-order valence-corrected chi connectivity index (χ2v) is 3.69. The summed E-state index contributed by atoms with van der Waals surface area (Å²) >= 11 is 3.24. The predicted molar refractivity (Wildman–Crippen MR) is 59.0 cm³/mol. The summed E-state index contributed by atoms with van der Waals surface area (Å²) in [7, 11) is 0. The minimum Gasteiger partial charge on any atom is -0.492 e. The molecule has 2 N–H and O–H groups in total. The van der Waals surface area contributed by atoms with E-state index in [1.807, 2.05) is 13.0 Å². The number of hydrogen-bond acceptors (Lipinski definition) is 2. The van der Waals surface area contributed by atoms with Gasteiger partial charge < -0.3 is 10.5 Å². The predicted octanol–water partition coefficient (Wildman–Crippen LogP) is 1.87. The van der Waals surface area contributed by atoms with E-state index < -0.39 is 5.91 Å². The maximum Gasteiger partial charge on any atom is 0.252 e. The Kier molecular flexibility index (Phi) is 3.95. The average molecular weight is 258 g/mol. The highest BCUT2D eigenvalue weighted by molar-refractivity contribution is 9.09. The van der Waals surface area contributed by atoms with Crippen LogP contribution < -0.4 is 10.5 Å². The summed E-state index contributed by atoms with van der Waals surface area (Å²) < 4.78 is 5.35. The average Bonchev–Trinajstić information content (AvgIpc) is 2.15. The molecule has 0 spiro atoms. The molecule has 0 aromatic heterocycles. The van der Waals surface area contributed by atoms with E-state index in [4.69, 9.17) is 10.5 Å². The van der Waals surface area contributed by atoms with Gasteiger partial charge in [-0.3, -0.25) is 4.79 Å².